The first-order chi connectivity index (χ1) is 16.6. The third kappa shape index (κ3) is 6.08. The molecule has 0 spiro atoms. The van der Waals surface area contributed by atoms with Gasteiger partial charge in [0.05, 0.1) is 15.6 Å². The highest BCUT2D eigenvalue weighted by Gasteiger charge is 2.34. The van der Waals surface area contributed by atoms with Crippen molar-refractivity contribution in [2.75, 3.05) is 0 Å². The molecule has 1 amide bonds. The lowest BCUT2D eigenvalue weighted by atomic mass is 9.77. The highest BCUT2D eigenvalue weighted by molar-refractivity contribution is 7.89. The van der Waals surface area contributed by atoms with Crippen molar-refractivity contribution in [1.29, 1.82) is 0 Å². The number of aryl methyl sites for hydroxylation is 1. The van der Waals surface area contributed by atoms with Crippen molar-refractivity contribution in [2.24, 2.45) is 11.3 Å². The standard InChI is InChI=1S/C26H32FN3O3S2/c1-17(26(3)14-12-21(27)13-15-26)28-25(31)20-4-8-22(9-5-20)30-35(32,33)23-10-6-19(7-11-23)24-16-34-18(2)29-24/h6-7,10-14,16-17,20,22,30H,4-5,8-9,15H2,1-3H3,(H,28,31)/t17-,20-,22-,26?/m1/s1. The molecule has 188 valence electrons. The zero-order valence-corrected chi connectivity index (χ0v) is 21.9. The number of amides is 1. The van der Waals surface area contributed by atoms with E-state index in [2.05, 4.69) is 15.0 Å². The van der Waals surface area contributed by atoms with Crippen molar-refractivity contribution in [3.05, 3.63) is 58.7 Å². The van der Waals surface area contributed by atoms with E-state index >= 15 is 0 Å². The molecule has 2 aliphatic rings. The normalized spacial score (nSPS) is 25.7. The molecule has 9 heteroatoms. The Hall–Kier alpha value is -2.36. The van der Waals surface area contributed by atoms with Gasteiger partial charge in [0.25, 0.3) is 0 Å². The summed E-state index contributed by atoms with van der Waals surface area (Å²) in [4.78, 5) is 17.5. The molecule has 2 N–H and O–H groups in total. The number of halogens is 1. The summed E-state index contributed by atoms with van der Waals surface area (Å²) in [5.41, 5.74) is 1.40. The van der Waals surface area contributed by atoms with Crippen LogP contribution in [0.15, 0.2) is 58.6 Å². The Morgan fingerprint density at radius 2 is 1.89 bits per heavy atom. The number of aromatic nitrogens is 1. The molecule has 2 aliphatic carbocycles. The first-order valence-electron chi connectivity index (χ1n) is 12.0. The van der Waals surface area contributed by atoms with Crippen LogP contribution >= 0.6 is 11.3 Å². The average molecular weight is 518 g/mol. The van der Waals surface area contributed by atoms with Gasteiger partial charge in [0, 0.05) is 34.4 Å². The van der Waals surface area contributed by atoms with Gasteiger partial charge in [-0.15, -0.1) is 11.3 Å². The third-order valence-corrected chi connectivity index (χ3v) is 9.52. The van der Waals surface area contributed by atoms with Gasteiger partial charge in [-0.1, -0.05) is 25.1 Å². The van der Waals surface area contributed by atoms with Crippen LogP contribution in [0.2, 0.25) is 0 Å². The zero-order valence-electron chi connectivity index (χ0n) is 20.3. The Labute approximate surface area is 210 Å². The van der Waals surface area contributed by atoms with Crippen LogP contribution in [-0.4, -0.2) is 31.4 Å². The van der Waals surface area contributed by atoms with E-state index in [9.17, 15) is 17.6 Å². The summed E-state index contributed by atoms with van der Waals surface area (Å²) < 4.78 is 42.0. The minimum absolute atomic E-state index is 0.0173. The van der Waals surface area contributed by atoms with E-state index in [1.54, 1.807) is 41.7 Å². The number of nitrogens with zero attached hydrogens (tertiary/aromatic N) is 1. The summed E-state index contributed by atoms with van der Waals surface area (Å²) in [6.45, 7) is 5.89. The summed E-state index contributed by atoms with van der Waals surface area (Å²) in [5, 5.41) is 6.02. The van der Waals surface area contributed by atoms with Gasteiger partial charge in [-0.2, -0.15) is 0 Å². The molecule has 2 atom stereocenters. The zero-order chi connectivity index (χ0) is 25.2. The number of carbonyl (C=O) groups is 1. The van der Waals surface area contributed by atoms with Crippen molar-refractivity contribution in [3.63, 3.8) is 0 Å². The van der Waals surface area contributed by atoms with Crippen LogP contribution in [0, 0.1) is 18.3 Å². The van der Waals surface area contributed by atoms with Gasteiger partial charge in [-0.05, 0) is 70.2 Å². The second kappa shape index (κ2) is 10.3. The average Bonchev–Trinajstić information content (AvgIpc) is 3.27. The van der Waals surface area contributed by atoms with E-state index in [1.807, 2.05) is 32.2 Å². The molecule has 0 radical (unpaired) electrons. The number of hydrogen-bond donors (Lipinski definition) is 2. The van der Waals surface area contributed by atoms with Gasteiger partial charge >= 0.3 is 0 Å². The SMILES string of the molecule is Cc1nc(-c2ccc(S(=O)(=O)N[C@H]3CC[C@H](C(=O)N[C@H](C)C4(C)C=CC(F)=CC4)CC3)cc2)cs1. The van der Waals surface area contributed by atoms with Crippen LogP contribution < -0.4 is 10.0 Å². The first kappa shape index (κ1) is 25.7. The fourth-order valence-corrected chi connectivity index (χ4v) is 6.53. The summed E-state index contributed by atoms with van der Waals surface area (Å²) >= 11 is 1.56. The summed E-state index contributed by atoms with van der Waals surface area (Å²) in [6.07, 6.45) is 7.81. The molecule has 2 aromatic rings. The van der Waals surface area contributed by atoms with Crippen LogP contribution in [0.5, 0.6) is 0 Å². The minimum Gasteiger partial charge on any atom is -0.353 e. The summed E-state index contributed by atoms with van der Waals surface area (Å²) in [5.74, 6) is -0.411. The highest BCUT2D eigenvalue weighted by atomic mass is 32.2. The number of rotatable bonds is 7. The number of sulfonamides is 1. The van der Waals surface area contributed by atoms with Gasteiger partial charge in [0.1, 0.15) is 5.83 Å². The molecular weight excluding hydrogens is 485 g/mol. The third-order valence-electron chi connectivity index (χ3n) is 7.21. The second-order valence-corrected chi connectivity index (χ2v) is 12.6. The molecule has 0 saturated heterocycles. The van der Waals surface area contributed by atoms with Crippen LogP contribution in [0.4, 0.5) is 4.39 Å². The topological polar surface area (TPSA) is 88.2 Å². The molecule has 0 bridgehead atoms. The number of nitrogens with one attached hydrogen (secondary N) is 2. The molecule has 1 saturated carbocycles. The maximum atomic E-state index is 13.3. The Morgan fingerprint density at radius 1 is 1.20 bits per heavy atom. The lowest BCUT2D eigenvalue weighted by molar-refractivity contribution is -0.127. The van der Waals surface area contributed by atoms with E-state index < -0.39 is 10.0 Å². The second-order valence-electron chi connectivity index (χ2n) is 9.81. The van der Waals surface area contributed by atoms with Gasteiger partial charge in [0.15, 0.2) is 0 Å². The minimum atomic E-state index is -3.65. The van der Waals surface area contributed by atoms with E-state index in [0.717, 1.165) is 16.3 Å². The number of benzene rings is 1. The summed E-state index contributed by atoms with van der Waals surface area (Å²) in [7, 11) is -3.65. The van der Waals surface area contributed by atoms with Crippen molar-refractivity contribution in [1.82, 2.24) is 15.0 Å². The highest BCUT2D eigenvalue weighted by Crippen LogP contribution is 2.34. The molecular formula is C26H32FN3O3S2. The fourth-order valence-electron chi connectivity index (χ4n) is 4.60. The van der Waals surface area contributed by atoms with Crippen molar-refractivity contribution < 1.29 is 17.6 Å². The molecule has 35 heavy (non-hydrogen) atoms. The van der Waals surface area contributed by atoms with Gasteiger partial charge < -0.3 is 5.32 Å². The van der Waals surface area contributed by atoms with Crippen LogP contribution in [0.25, 0.3) is 11.3 Å². The van der Waals surface area contributed by atoms with Gasteiger partial charge in [0.2, 0.25) is 15.9 Å². The quantitative estimate of drug-likeness (QED) is 0.523. The van der Waals surface area contributed by atoms with Crippen LogP contribution in [0.1, 0.15) is 51.0 Å². The van der Waals surface area contributed by atoms with E-state index in [1.165, 1.54) is 6.08 Å². The first-order valence-corrected chi connectivity index (χ1v) is 14.3. The Balaban J connectivity index is 1.29. The molecule has 6 nitrogen and oxygen atoms in total. The molecule has 1 heterocycles. The molecule has 1 aromatic heterocycles. The van der Waals surface area contributed by atoms with Crippen molar-refractivity contribution in [3.8, 4) is 11.3 Å². The summed E-state index contributed by atoms with van der Waals surface area (Å²) in [6, 6.07) is 6.43. The molecule has 1 unspecified atom stereocenters. The Bertz CT molecular complexity index is 1230. The number of thiazole rings is 1. The Kier molecular flexibility index (Phi) is 7.59. The van der Waals surface area contributed by atoms with E-state index in [-0.39, 0.29) is 40.0 Å². The van der Waals surface area contributed by atoms with E-state index in [4.69, 9.17) is 0 Å². The smallest absolute Gasteiger partial charge is 0.240 e. The largest absolute Gasteiger partial charge is 0.353 e. The number of carbonyl (C=O) groups excluding carboxylic acids is 1. The molecule has 0 aliphatic heterocycles. The lowest BCUT2D eigenvalue weighted by Gasteiger charge is -2.36. The molecule has 1 fully saturated rings. The van der Waals surface area contributed by atoms with Crippen LogP contribution in [-0.2, 0) is 14.8 Å². The van der Waals surface area contributed by atoms with Crippen molar-refractivity contribution >= 4 is 27.3 Å². The maximum Gasteiger partial charge on any atom is 0.240 e. The van der Waals surface area contributed by atoms with Gasteiger partial charge in [-0.3, -0.25) is 4.79 Å². The van der Waals surface area contributed by atoms with E-state index in [0.29, 0.717) is 32.1 Å². The lowest BCUT2D eigenvalue weighted by Crippen LogP contribution is -2.47. The molecule has 4 rings (SSSR count). The predicted molar refractivity (Wildman–Crippen MR) is 137 cm³/mol. The van der Waals surface area contributed by atoms with Crippen molar-refractivity contribution in [2.45, 2.75) is 69.9 Å². The maximum absolute atomic E-state index is 13.3. The molecule has 1 aromatic carbocycles. The Morgan fingerprint density at radius 3 is 2.46 bits per heavy atom. The number of allylic oxidation sites excluding steroid dienone is 3. The van der Waals surface area contributed by atoms with Crippen LogP contribution in [0.3, 0.4) is 0 Å². The predicted octanol–water partition coefficient (Wildman–Crippen LogP) is 5.28. The number of hydrogen-bond acceptors (Lipinski definition) is 5. The van der Waals surface area contributed by atoms with Gasteiger partial charge in [-0.25, -0.2) is 22.5 Å². The monoisotopic (exact) mass is 517 g/mol. The fraction of sp³-hybridized carbons (Fsp3) is 0.462.